The minimum absolute atomic E-state index is 0.00244. The standard InChI is InChI=1S/C18H23N3OS/c1-12(10-19-18(22)17-13(2)20-14(3)23-17)21-9-8-15-6-4-5-7-16(15)11-21/h4-7,12H,8-11H2,1-3H3,(H,19,22). The van der Waals surface area contributed by atoms with Crippen molar-refractivity contribution in [3.05, 3.63) is 51.0 Å². The van der Waals surface area contributed by atoms with Crippen molar-refractivity contribution in [2.75, 3.05) is 13.1 Å². The number of fused-ring (bicyclic) bond motifs is 1. The van der Waals surface area contributed by atoms with Crippen LogP contribution in [0.4, 0.5) is 0 Å². The first kappa shape index (κ1) is 16.1. The van der Waals surface area contributed by atoms with Gasteiger partial charge in [-0.05, 0) is 38.3 Å². The number of aryl methyl sites for hydroxylation is 2. The Hall–Kier alpha value is -1.72. The molecule has 0 saturated carbocycles. The highest BCUT2D eigenvalue weighted by atomic mass is 32.1. The van der Waals surface area contributed by atoms with Gasteiger partial charge in [-0.1, -0.05) is 24.3 Å². The molecule has 0 fully saturated rings. The maximum Gasteiger partial charge on any atom is 0.263 e. The van der Waals surface area contributed by atoms with E-state index in [1.54, 1.807) is 0 Å². The highest BCUT2D eigenvalue weighted by Crippen LogP contribution is 2.20. The van der Waals surface area contributed by atoms with Gasteiger partial charge in [0.15, 0.2) is 0 Å². The Kier molecular flexibility index (Phi) is 4.78. The predicted molar refractivity (Wildman–Crippen MR) is 93.9 cm³/mol. The number of carbonyl (C=O) groups excluding carboxylic acids is 1. The first-order chi connectivity index (χ1) is 11.0. The summed E-state index contributed by atoms with van der Waals surface area (Å²) in [5.41, 5.74) is 3.69. The van der Waals surface area contributed by atoms with E-state index in [0.717, 1.165) is 35.1 Å². The van der Waals surface area contributed by atoms with Gasteiger partial charge < -0.3 is 5.32 Å². The largest absolute Gasteiger partial charge is 0.350 e. The number of thiazole rings is 1. The summed E-state index contributed by atoms with van der Waals surface area (Å²) in [4.78, 5) is 19.8. The van der Waals surface area contributed by atoms with Gasteiger partial charge in [-0.2, -0.15) is 0 Å². The van der Waals surface area contributed by atoms with E-state index in [-0.39, 0.29) is 5.91 Å². The third kappa shape index (κ3) is 3.62. The molecule has 1 atom stereocenters. The van der Waals surface area contributed by atoms with Gasteiger partial charge in [0.2, 0.25) is 0 Å². The maximum absolute atomic E-state index is 12.3. The number of nitrogens with zero attached hydrogens (tertiary/aromatic N) is 2. The molecule has 1 N–H and O–H groups in total. The second kappa shape index (κ2) is 6.81. The number of hydrogen-bond acceptors (Lipinski definition) is 4. The van der Waals surface area contributed by atoms with Crippen LogP contribution in [0, 0.1) is 13.8 Å². The molecule has 0 spiro atoms. The summed E-state index contributed by atoms with van der Waals surface area (Å²) in [6, 6.07) is 8.95. The number of aromatic nitrogens is 1. The van der Waals surface area contributed by atoms with Gasteiger partial charge in [-0.25, -0.2) is 4.98 Å². The van der Waals surface area contributed by atoms with Crippen molar-refractivity contribution in [2.24, 2.45) is 0 Å². The molecule has 0 saturated heterocycles. The maximum atomic E-state index is 12.3. The first-order valence-electron chi connectivity index (χ1n) is 8.07. The van der Waals surface area contributed by atoms with Crippen LogP contribution in [0.5, 0.6) is 0 Å². The Morgan fingerprint density at radius 1 is 1.35 bits per heavy atom. The average Bonchev–Trinajstić information content (AvgIpc) is 2.90. The molecule has 0 radical (unpaired) electrons. The fraction of sp³-hybridized carbons (Fsp3) is 0.444. The highest BCUT2D eigenvalue weighted by Gasteiger charge is 2.21. The Morgan fingerprint density at radius 3 is 2.78 bits per heavy atom. The quantitative estimate of drug-likeness (QED) is 0.938. The summed E-state index contributed by atoms with van der Waals surface area (Å²) in [5, 5.41) is 4.00. The Morgan fingerprint density at radius 2 is 2.09 bits per heavy atom. The van der Waals surface area contributed by atoms with E-state index in [2.05, 4.69) is 46.4 Å². The number of nitrogens with one attached hydrogen (secondary N) is 1. The van der Waals surface area contributed by atoms with Crippen molar-refractivity contribution < 1.29 is 4.79 Å². The smallest absolute Gasteiger partial charge is 0.263 e. The van der Waals surface area contributed by atoms with E-state index in [4.69, 9.17) is 0 Å². The molecule has 4 nitrogen and oxygen atoms in total. The molecule has 1 aliphatic heterocycles. The number of benzene rings is 1. The zero-order valence-electron chi connectivity index (χ0n) is 13.9. The molecule has 1 aliphatic rings. The van der Waals surface area contributed by atoms with Crippen molar-refractivity contribution in [1.82, 2.24) is 15.2 Å². The van der Waals surface area contributed by atoms with Gasteiger partial charge >= 0.3 is 0 Å². The van der Waals surface area contributed by atoms with E-state index in [1.165, 1.54) is 22.5 Å². The molecule has 5 heteroatoms. The van der Waals surface area contributed by atoms with Crippen LogP contribution in [0.1, 0.15) is 38.4 Å². The molecule has 1 amide bonds. The van der Waals surface area contributed by atoms with Crippen LogP contribution in [-0.2, 0) is 13.0 Å². The monoisotopic (exact) mass is 329 g/mol. The van der Waals surface area contributed by atoms with Gasteiger partial charge in [-0.15, -0.1) is 11.3 Å². The summed E-state index contributed by atoms with van der Waals surface area (Å²) in [6.45, 7) is 8.68. The van der Waals surface area contributed by atoms with Crippen molar-refractivity contribution in [2.45, 2.75) is 39.8 Å². The number of hydrogen-bond donors (Lipinski definition) is 1. The van der Waals surface area contributed by atoms with Gasteiger partial charge in [0.05, 0.1) is 10.7 Å². The zero-order chi connectivity index (χ0) is 16.4. The van der Waals surface area contributed by atoms with Crippen LogP contribution >= 0.6 is 11.3 Å². The van der Waals surface area contributed by atoms with Gasteiger partial charge in [0.1, 0.15) is 4.88 Å². The van der Waals surface area contributed by atoms with Crippen LogP contribution in [0.15, 0.2) is 24.3 Å². The average molecular weight is 329 g/mol. The number of amides is 1. The lowest BCUT2D eigenvalue weighted by Crippen LogP contribution is -2.44. The lowest BCUT2D eigenvalue weighted by molar-refractivity contribution is 0.0935. The first-order valence-corrected chi connectivity index (χ1v) is 8.89. The van der Waals surface area contributed by atoms with E-state index in [9.17, 15) is 4.79 Å². The molecule has 23 heavy (non-hydrogen) atoms. The third-order valence-electron chi connectivity index (χ3n) is 4.45. The summed E-state index contributed by atoms with van der Waals surface area (Å²) < 4.78 is 0. The van der Waals surface area contributed by atoms with E-state index in [0.29, 0.717) is 12.6 Å². The van der Waals surface area contributed by atoms with E-state index in [1.807, 2.05) is 13.8 Å². The van der Waals surface area contributed by atoms with Gasteiger partial charge in [0, 0.05) is 25.7 Å². The summed E-state index contributed by atoms with van der Waals surface area (Å²) in [5.74, 6) is -0.00244. The topological polar surface area (TPSA) is 45.2 Å². The summed E-state index contributed by atoms with van der Waals surface area (Å²) >= 11 is 1.46. The molecular weight excluding hydrogens is 306 g/mol. The van der Waals surface area contributed by atoms with Crippen molar-refractivity contribution in [3.8, 4) is 0 Å². The van der Waals surface area contributed by atoms with Crippen molar-refractivity contribution in [3.63, 3.8) is 0 Å². The molecule has 2 aromatic rings. The SMILES string of the molecule is Cc1nc(C)c(C(=O)NCC(C)N2CCc3ccccc3C2)s1. The van der Waals surface area contributed by atoms with Crippen LogP contribution in [-0.4, -0.2) is 34.9 Å². The van der Waals surface area contributed by atoms with Crippen LogP contribution in [0.25, 0.3) is 0 Å². The Labute approximate surface area is 141 Å². The van der Waals surface area contributed by atoms with Crippen LogP contribution in [0.2, 0.25) is 0 Å². The predicted octanol–water partition coefficient (Wildman–Crippen LogP) is 2.94. The van der Waals surface area contributed by atoms with Gasteiger partial charge in [0.25, 0.3) is 5.91 Å². The van der Waals surface area contributed by atoms with Crippen LogP contribution < -0.4 is 5.32 Å². The van der Waals surface area contributed by atoms with Crippen LogP contribution in [0.3, 0.4) is 0 Å². The highest BCUT2D eigenvalue weighted by molar-refractivity contribution is 7.13. The third-order valence-corrected chi connectivity index (χ3v) is 5.52. The second-order valence-corrected chi connectivity index (χ2v) is 7.40. The van der Waals surface area contributed by atoms with E-state index >= 15 is 0 Å². The summed E-state index contributed by atoms with van der Waals surface area (Å²) in [6.07, 6.45) is 1.08. The normalized spacial score (nSPS) is 16.0. The summed E-state index contributed by atoms with van der Waals surface area (Å²) in [7, 11) is 0. The fourth-order valence-corrected chi connectivity index (χ4v) is 3.92. The molecule has 0 bridgehead atoms. The molecule has 1 unspecified atom stereocenters. The Balaban J connectivity index is 1.57. The molecule has 2 heterocycles. The molecule has 1 aromatic heterocycles. The molecule has 3 rings (SSSR count). The lowest BCUT2D eigenvalue weighted by Gasteiger charge is -2.33. The molecular formula is C18H23N3OS. The number of carbonyl (C=O) groups is 1. The lowest BCUT2D eigenvalue weighted by atomic mass is 9.99. The van der Waals surface area contributed by atoms with Gasteiger partial charge in [-0.3, -0.25) is 9.69 Å². The van der Waals surface area contributed by atoms with Crippen molar-refractivity contribution >= 4 is 17.2 Å². The molecule has 0 aliphatic carbocycles. The van der Waals surface area contributed by atoms with E-state index < -0.39 is 0 Å². The second-order valence-electron chi connectivity index (χ2n) is 6.20. The molecule has 122 valence electrons. The van der Waals surface area contributed by atoms with Crippen molar-refractivity contribution in [1.29, 1.82) is 0 Å². The fourth-order valence-electron chi connectivity index (χ4n) is 3.09. The minimum Gasteiger partial charge on any atom is -0.350 e. The Bertz CT molecular complexity index is 710. The molecule has 1 aromatic carbocycles. The minimum atomic E-state index is -0.00244. The zero-order valence-corrected chi connectivity index (χ0v) is 14.7. The number of rotatable bonds is 4.